The molecule has 0 unspecified atom stereocenters. The topological polar surface area (TPSA) is 38.3 Å². The Morgan fingerprint density at radius 3 is 2.81 bits per heavy atom. The summed E-state index contributed by atoms with van der Waals surface area (Å²) in [4.78, 5) is 12.4. The summed E-state index contributed by atoms with van der Waals surface area (Å²) >= 11 is 3.48. The molecule has 0 aromatic heterocycles. The fraction of sp³-hybridized carbons (Fsp3) is 0.227. The molecule has 1 N–H and O–H groups in total. The van der Waals surface area contributed by atoms with Crippen LogP contribution < -0.4 is 10.1 Å². The number of amides is 1. The van der Waals surface area contributed by atoms with Crippen molar-refractivity contribution in [3.63, 3.8) is 0 Å². The summed E-state index contributed by atoms with van der Waals surface area (Å²) in [5.74, 6) is 0.627. The Kier molecular flexibility index (Phi) is 4.93. The van der Waals surface area contributed by atoms with Gasteiger partial charge >= 0.3 is 0 Å². The molecule has 4 rings (SSSR count). The fourth-order valence-corrected chi connectivity index (χ4v) is 3.95. The van der Waals surface area contributed by atoms with Crippen LogP contribution in [-0.4, -0.2) is 12.5 Å². The number of hydrogen-bond donors (Lipinski definition) is 1. The Labute approximate surface area is 161 Å². The quantitative estimate of drug-likeness (QED) is 0.644. The van der Waals surface area contributed by atoms with E-state index < -0.39 is 0 Å². The van der Waals surface area contributed by atoms with Crippen molar-refractivity contribution in [2.24, 2.45) is 0 Å². The third-order valence-electron chi connectivity index (χ3n) is 4.85. The lowest BCUT2D eigenvalue weighted by atomic mass is 9.88. The van der Waals surface area contributed by atoms with Crippen LogP contribution in [0.1, 0.15) is 30.0 Å². The van der Waals surface area contributed by atoms with Gasteiger partial charge in [-0.25, -0.2) is 0 Å². The summed E-state index contributed by atoms with van der Waals surface area (Å²) in [6.45, 7) is 0.0285. The van der Waals surface area contributed by atoms with Crippen molar-refractivity contribution < 1.29 is 9.53 Å². The standard InChI is InChI=1S/C22H20BrNO2/c23-18-10-8-17-13-19(11-9-16(17)12-18)26-14-22(25)24-21-7-3-5-15-4-1-2-6-20(15)21/h1-2,4,6,8-13,21H,3,5,7,14H2,(H,24,25)/t21-/m0/s1. The minimum atomic E-state index is -0.0809. The average Bonchev–Trinajstić information content (AvgIpc) is 2.66. The lowest BCUT2D eigenvalue weighted by molar-refractivity contribution is -0.123. The van der Waals surface area contributed by atoms with E-state index in [9.17, 15) is 4.79 Å². The van der Waals surface area contributed by atoms with Gasteiger partial charge in [0.1, 0.15) is 5.75 Å². The summed E-state index contributed by atoms with van der Waals surface area (Å²) in [5.41, 5.74) is 2.58. The lowest BCUT2D eigenvalue weighted by Crippen LogP contribution is -2.34. The van der Waals surface area contributed by atoms with E-state index in [1.54, 1.807) is 0 Å². The Hall–Kier alpha value is -2.33. The SMILES string of the molecule is O=C(COc1ccc2cc(Br)ccc2c1)N[C@H]1CCCc2ccccc21. The zero-order valence-electron chi connectivity index (χ0n) is 14.4. The highest BCUT2D eigenvalue weighted by atomic mass is 79.9. The minimum absolute atomic E-state index is 0.0285. The van der Waals surface area contributed by atoms with Gasteiger partial charge in [-0.3, -0.25) is 4.79 Å². The molecule has 0 fully saturated rings. The summed E-state index contributed by atoms with van der Waals surface area (Å²) in [7, 11) is 0. The van der Waals surface area contributed by atoms with Gasteiger partial charge in [-0.1, -0.05) is 52.3 Å². The number of aryl methyl sites for hydroxylation is 1. The van der Waals surface area contributed by atoms with E-state index >= 15 is 0 Å². The van der Waals surface area contributed by atoms with E-state index in [1.807, 2.05) is 36.4 Å². The Morgan fingerprint density at radius 2 is 1.88 bits per heavy atom. The second kappa shape index (κ2) is 7.50. The predicted molar refractivity (Wildman–Crippen MR) is 107 cm³/mol. The first-order chi connectivity index (χ1) is 12.7. The maximum absolute atomic E-state index is 12.4. The monoisotopic (exact) mass is 409 g/mol. The van der Waals surface area contributed by atoms with Crippen LogP contribution in [0.25, 0.3) is 10.8 Å². The molecule has 0 heterocycles. The van der Waals surface area contributed by atoms with Crippen molar-refractivity contribution in [3.8, 4) is 5.75 Å². The van der Waals surface area contributed by atoms with E-state index in [2.05, 4.69) is 45.5 Å². The van der Waals surface area contributed by atoms with Gasteiger partial charge in [0.05, 0.1) is 6.04 Å². The van der Waals surface area contributed by atoms with Crippen molar-refractivity contribution in [1.82, 2.24) is 5.32 Å². The molecule has 26 heavy (non-hydrogen) atoms. The van der Waals surface area contributed by atoms with Crippen LogP contribution >= 0.6 is 15.9 Å². The molecular weight excluding hydrogens is 390 g/mol. The van der Waals surface area contributed by atoms with Crippen molar-refractivity contribution >= 4 is 32.6 Å². The van der Waals surface area contributed by atoms with Gasteiger partial charge in [-0.2, -0.15) is 0 Å². The first-order valence-corrected chi connectivity index (χ1v) is 9.68. The van der Waals surface area contributed by atoms with Crippen LogP contribution in [0.4, 0.5) is 0 Å². The number of halogens is 1. The summed E-state index contributed by atoms with van der Waals surface area (Å²) < 4.78 is 6.76. The molecule has 3 aromatic carbocycles. The number of carbonyl (C=O) groups excluding carboxylic acids is 1. The smallest absolute Gasteiger partial charge is 0.258 e. The number of rotatable bonds is 4. The molecular formula is C22H20BrNO2. The normalized spacial score (nSPS) is 16.1. The Bertz CT molecular complexity index is 954. The average molecular weight is 410 g/mol. The highest BCUT2D eigenvalue weighted by Gasteiger charge is 2.21. The Balaban J connectivity index is 1.39. The van der Waals surface area contributed by atoms with E-state index in [0.29, 0.717) is 5.75 Å². The van der Waals surface area contributed by atoms with Crippen molar-refractivity contribution in [1.29, 1.82) is 0 Å². The molecule has 3 aromatic rings. The van der Waals surface area contributed by atoms with E-state index in [4.69, 9.17) is 4.74 Å². The largest absolute Gasteiger partial charge is 0.484 e. The van der Waals surface area contributed by atoms with Crippen molar-refractivity contribution in [2.45, 2.75) is 25.3 Å². The maximum Gasteiger partial charge on any atom is 0.258 e. The van der Waals surface area contributed by atoms with Crippen LogP contribution in [0, 0.1) is 0 Å². The molecule has 0 saturated carbocycles. The second-order valence-electron chi connectivity index (χ2n) is 6.65. The molecule has 1 amide bonds. The number of fused-ring (bicyclic) bond motifs is 2. The molecule has 0 bridgehead atoms. The first-order valence-electron chi connectivity index (χ1n) is 8.88. The molecule has 1 atom stereocenters. The van der Waals surface area contributed by atoms with Crippen LogP contribution in [0.15, 0.2) is 65.1 Å². The van der Waals surface area contributed by atoms with E-state index in [0.717, 1.165) is 34.5 Å². The van der Waals surface area contributed by atoms with E-state index in [1.165, 1.54) is 11.1 Å². The van der Waals surface area contributed by atoms with Crippen molar-refractivity contribution in [2.75, 3.05) is 6.61 Å². The molecule has 3 nitrogen and oxygen atoms in total. The second-order valence-corrected chi connectivity index (χ2v) is 7.57. The van der Waals surface area contributed by atoms with Gasteiger partial charge in [0, 0.05) is 4.47 Å². The molecule has 132 valence electrons. The summed E-state index contributed by atoms with van der Waals surface area (Å²) in [6.07, 6.45) is 3.17. The fourth-order valence-electron chi connectivity index (χ4n) is 3.57. The maximum atomic E-state index is 12.4. The predicted octanol–water partition coefficient (Wildman–Crippen LogP) is 5.17. The number of nitrogens with one attached hydrogen (secondary N) is 1. The Morgan fingerprint density at radius 1 is 1.08 bits per heavy atom. The van der Waals surface area contributed by atoms with Crippen LogP contribution in [0.3, 0.4) is 0 Å². The minimum Gasteiger partial charge on any atom is -0.484 e. The molecule has 1 aliphatic carbocycles. The third kappa shape index (κ3) is 3.75. The summed E-state index contributed by atoms with van der Waals surface area (Å²) in [6, 6.07) is 20.4. The lowest BCUT2D eigenvalue weighted by Gasteiger charge is -2.26. The highest BCUT2D eigenvalue weighted by Crippen LogP contribution is 2.29. The molecule has 0 aliphatic heterocycles. The zero-order valence-corrected chi connectivity index (χ0v) is 16.0. The van der Waals surface area contributed by atoms with Gasteiger partial charge in [-0.15, -0.1) is 0 Å². The van der Waals surface area contributed by atoms with Crippen LogP contribution in [0.2, 0.25) is 0 Å². The number of benzene rings is 3. The van der Waals surface area contributed by atoms with Gasteiger partial charge < -0.3 is 10.1 Å². The zero-order chi connectivity index (χ0) is 17.9. The first kappa shape index (κ1) is 17.1. The summed E-state index contributed by atoms with van der Waals surface area (Å²) in [5, 5.41) is 5.34. The number of carbonyl (C=O) groups is 1. The van der Waals surface area contributed by atoms with E-state index in [-0.39, 0.29) is 18.6 Å². The van der Waals surface area contributed by atoms with Gasteiger partial charge in [-0.05, 0) is 65.4 Å². The third-order valence-corrected chi connectivity index (χ3v) is 5.34. The number of ether oxygens (including phenoxy) is 1. The van der Waals surface area contributed by atoms with Crippen LogP contribution in [-0.2, 0) is 11.2 Å². The van der Waals surface area contributed by atoms with Gasteiger partial charge in [0.25, 0.3) is 5.91 Å². The molecule has 0 spiro atoms. The number of hydrogen-bond acceptors (Lipinski definition) is 2. The molecule has 4 heteroatoms. The molecule has 0 radical (unpaired) electrons. The molecule has 1 aliphatic rings. The van der Waals surface area contributed by atoms with Crippen molar-refractivity contribution in [3.05, 3.63) is 76.3 Å². The van der Waals surface area contributed by atoms with Gasteiger partial charge in [0.2, 0.25) is 0 Å². The highest BCUT2D eigenvalue weighted by molar-refractivity contribution is 9.10. The van der Waals surface area contributed by atoms with Crippen LogP contribution in [0.5, 0.6) is 5.75 Å². The van der Waals surface area contributed by atoms with Gasteiger partial charge in [0.15, 0.2) is 6.61 Å². The molecule has 0 saturated heterocycles.